The Bertz CT molecular complexity index is 891. The Morgan fingerprint density at radius 1 is 1.22 bits per heavy atom. The molecule has 1 heterocycles. The van der Waals surface area contributed by atoms with Gasteiger partial charge in [0.15, 0.2) is 5.13 Å². The number of ether oxygens (including phenoxy) is 1. The molecular formula is C14H9N3O5S. The highest BCUT2D eigenvalue weighted by Gasteiger charge is 2.09. The maximum absolute atomic E-state index is 10.6. The minimum atomic E-state index is -1.17. The molecule has 116 valence electrons. The van der Waals surface area contributed by atoms with Gasteiger partial charge in [-0.2, -0.15) is 0 Å². The van der Waals surface area contributed by atoms with Gasteiger partial charge in [0, 0.05) is 18.2 Å². The van der Waals surface area contributed by atoms with Crippen LogP contribution >= 0.6 is 11.3 Å². The van der Waals surface area contributed by atoms with Crippen LogP contribution in [0.2, 0.25) is 0 Å². The van der Waals surface area contributed by atoms with Crippen molar-refractivity contribution in [2.75, 3.05) is 5.32 Å². The number of nitro benzene ring substituents is 1. The van der Waals surface area contributed by atoms with Gasteiger partial charge in [-0.15, -0.1) is 0 Å². The van der Waals surface area contributed by atoms with Gasteiger partial charge in [0.05, 0.1) is 15.1 Å². The van der Waals surface area contributed by atoms with Gasteiger partial charge in [-0.25, -0.2) is 9.78 Å². The van der Waals surface area contributed by atoms with Crippen LogP contribution < -0.4 is 10.1 Å². The molecule has 0 bridgehead atoms. The van der Waals surface area contributed by atoms with Crippen LogP contribution in [0.1, 0.15) is 0 Å². The highest BCUT2D eigenvalue weighted by molar-refractivity contribution is 7.22. The molecule has 1 amide bonds. The van der Waals surface area contributed by atoms with E-state index in [-0.39, 0.29) is 10.8 Å². The number of rotatable bonds is 4. The number of benzene rings is 2. The summed E-state index contributed by atoms with van der Waals surface area (Å²) in [6.07, 6.45) is -1.17. The monoisotopic (exact) mass is 331 g/mol. The lowest BCUT2D eigenvalue weighted by Gasteiger charge is -2.04. The number of carbonyl (C=O) groups is 1. The number of nitrogens with one attached hydrogen (secondary N) is 1. The Kier molecular flexibility index (Phi) is 3.77. The van der Waals surface area contributed by atoms with Crippen LogP contribution in [0, 0.1) is 10.1 Å². The van der Waals surface area contributed by atoms with E-state index in [1.165, 1.54) is 35.6 Å². The Labute approximate surface area is 133 Å². The summed E-state index contributed by atoms with van der Waals surface area (Å²) in [4.78, 5) is 24.9. The number of amides is 1. The van der Waals surface area contributed by atoms with Gasteiger partial charge >= 0.3 is 6.09 Å². The fourth-order valence-electron chi connectivity index (χ4n) is 1.89. The third kappa shape index (κ3) is 3.35. The van der Waals surface area contributed by atoms with Gasteiger partial charge in [0.2, 0.25) is 0 Å². The van der Waals surface area contributed by atoms with Gasteiger partial charge in [0.25, 0.3) is 5.69 Å². The number of carboxylic acid groups (broad SMARTS) is 1. The first kappa shape index (κ1) is 14.7. The second-order valence-corrected chi connectivity index (χ2v) is 5.46. The molecule has 0 aliphatic rings. The molecule has 3 aromatic rings. The number of anilines is 1. The molecule has 0 radical (unpaired) electrons. The number of thiazole rings is 1. The van der Waals surface area contributed by atoms with Crippen LogP contribution in [0.5, 0.6) is 11.5 Å². The Morgan fingerprint density at radius 2 is 1.91 bits per heavy atom. The van der Waals surface area contributed by atoms with Crippen molar-refractivity contribution < 1.29 is 19.6 Å². The summed E-state index contributed by atoms with van der Waals surface area (Å²) in [6, 6.07) is 10.8. The molecule has 0 unspecified atom stereocenters. The molecule has 9 heteroatoms. The van der Waals surface area contributed by atoms with E-state index in [0.29, 0.717) is 17.0 Å². The molecule has 0 aliphatic carbocycles. The summed E-state index contributed by atoms with van der Waals surface area (Å²) in [7, 11) is 0. The summed E-state index contributed by atoms with van der Waals surface area (Å²) in [5.74, 6) is 0.986. The van der Waals surface area contributed by atoms with Crippen molar-refractivity contribution in [3.63, 3.8) is 0 Å². The van der Waals surface area contributed by atoms with Crippen LogP contribution in [0.4, 0.5) is 15.6 Å². The molecule has 2 aromatic carbocycles. The van der Waals surface area contributed by atoms with E-state index >= 15 is 0 Å². The lowest BCUT2D eigenvalue weighted by molar-refractivity contribution is -0.384. The molecule has 8 nitrogen and oxygen atoms in total. The molecule has 0 fully saturated rings. The molecule has 0 spiro atoms. The van der Waals surface area contributed by atoms with E-state index in [4.69, 9.17) is 9.84 Å². The maximum atomic E-state index is 10.6. The first-order chi connectivity index (χ1) is 11.0. The Hall–Kier alpha value is -3.20. The van der Waals surface area contributed by atoms with E-state index in [0.717, 1.165) is 4.70 Å². The summed E-state index contributed by atoms with van der Waals surface area (Å²) in [6.45, 7) is 0. The van der Waals surface area contributed by atoms with Crippen molar-refractivity contribution in [1.82, 2.24) is 4.98 Å². The SMILES string of the molecule is O=C(O)Nc1nc2ccc(Oc3ccc([N+](=O)[O-])cc3)cc2s1. The molecule has 1 aromatic heterocycles. The molecular weight excluding hydrogens is 322 g/mol. The number of fused-ring (bicyclic) bond motifs is 1. The molecule has 0 atom stereocenters. The fraction of sp³-hybridized carbons (Fsp3) is 0. The second kappa shape index (κ2) is 5.89. The predicted octanol–water partition coefficient (Wildman–Crippen LogP) is 4.09. The van der Waals surface area contributed by atoms with Crippen molar-refractivity contribution in [2.24, 2.45) is 0 Å². The molecule has 0 aliphatic heterocycles. The highest BCUT2D eigenvalue weighted by atomic mass is 32.1. The zero-order valence-electron chi connectivity index (χ0n) is 11.4. The van der Waals surface area contributed by atoms with Crippen molar-refractivity contribution in [1.29, 1.82) is 0 Å². The number of aromatic nitrogens is 1. The number of hydrogen-bond acceptors (Lipinski definition) is 6. The topological polar surface area (TPSA) is 115 Å². The largest absolute Gasteiger partial charge is 0.465 e. The second-order valence-electron chi connectivity index (χ2n) is 4.43. The van der Waals surface area contributed by atoms with Crippen LogP contribution in [0.25, 0.3) is 10.2 Å². The van der Waals surface area contributed by atoms with E-state index in [1.54, 1.807) is 18.2 Å². The smallest absolute Gasteiger partial charge is 0.410 e. The van der Waals surface area contributed by atoms with Crippen LogP contribution in [-0.2, 0) is 0 Å². The van der Waals surface area contributed by atoms with Crippen molar-refractivity contribution in [2.45, 2.75) is 0 Å². The fourth-order valence-corrected chi connectivity index (χ4v) is 2.77. The highest BCUT2D eigenvalue weighted by Crippen LogP contribution is 2.31. The van der Waals surface area contributed by atoms with E-state index in [1.807, 2.05) is 0 Å². The number of hydrogen-bond donors (Lipinski definition) is 2. The molecule has 3 rings (SSSR count). The minimum Gasteiger partial charge on any atom is -0.465 e. The van der Waals surface area contributed by atoms with Gasteiger partial charge in [-0.1, -0.05) is 11.3 Å². The Morgan fingerprint density at radius 3 is 2.57 bits per heavy atom. The normalized spacial score (nSPS) is 10.4. The summed E-state index contributed by atoms with van der Waals surface area (Å²) < 4.78 is 6.39. The predicted molar refractivity (Wildman–Crippen MR) is 84.4 cm³/mol. The van der Waals surface area contributed by atoms with Crippen LogP contribution in [-0.4, -0.2) is 21.1 Å². The van der Waals surface area contributed by atoms with Gasteiger partial charge in [-0.05, 0) is 24.3 Å². The van der Waals surface area contributed by atoms with Crippen molar-refractivity contribution in [3.8, 4) is 11.5 Å². The third-order valence-corrected chi connectivity index (χ3v) is 3.79. The lowest BCUT2D eigenvalue weighted by atomic mass is 10.3. The first-order valence-corrected chi connectivity index (χ1v) is 7.16. The van der Waals surface area contributed by atoms with Crippen LogP contribution in [0.15, 0.2) is 42.5 Å². The number of nitro groups is 1. The molecule has 0 saturated heterocycles. The van der Waals surface area contributed by atoms with Gasteiger partial charge in [0.1, 0.15) is 11.5 Å². The lowest BCUT2D eigenvalue weighted by Crippen LogP contribution is -2.06. The average molecular weight is 331 g/mol. The zero-order chi connectivity index (χ0) is 16.4. The quantitative estimate of drug-likeness (QED) is 0.549. The molecule has 0 saturated carbocycles. The first-order valence-electron chi connectivity index (χ1n) is 6.34. The molecule has 23 heavy (non-hydrogen) atoms. The van der Waals surface area contributed by atoms with E-state index in [2.05, 4.69) is 10.3 Å². The Balaban J connectivity index is 1.82. The third-order valence-electron chi connectivity index (χ3n) is 2.86. The van der Waals surface area contributed by atoms with Crippen molar-refractivity contribution >= 4 is 38.5 Å². The van der Waals surface area contributed by atoms with Crippen LogP contribution in [0.3, 0.4) is 0 Å². The average Bonchev–Trinajstić information content (AvgIpc) is 2.88. The summed E-state index contributed by atoms with van der Waals surface area (Å²) in [5.41, 5.74) is 0.634. The summed E-state index contributed by atoms with van der Waals surface area (Å²) in [5, 5.41) is 21.8. The zero-order valence-corrected chi connectivity index (χ0v) is 12.2. The van der Waals surface area contributed by atoms with Gasteiger partial charge in [-0.3, -0.25) is 15.4 Å². The number of nitrogens with zero attached hydrogens (tertiary/aromatic N) is 2. The number of non-ortho nitro benzene ring substituents is 1. The van der Waals surface area contributed by atoms with E-state index in [9.17, 15) is 14.9 Å². The summed E-state index contributed by atoms with van der Waals surface area (Å²) >= 11 is 1.18. The van der Waals surface area contributed by atoms with E-state index < -0.39 is 11.0 Å². The molecule has 2 N–H and O–H groups in total. The standard InChI is InChI=1S/C14H9N3O5S/c18-14(19)16-13-15-11-6-5-10(7-12(11)23-13)22-9-3-1-8(2-4-9)17(20)21/h1-7H,(H,15,16)(H,18,19). The van der Waals surface area contributed by atoms with Gasteiger partial charge < -0.3 is 9.84 Å². The maximum Gasteiger partial charge on any atom is 0.410 e. The minimum absolute atomic E-state index is 0.0142. The van der Waals surface area contributed by atoms with Crippen molar-refractivity contribution in [3.05, 3.63) is 52.6 Å².